The first-order chi connectivity index (χ1) is 12.7. The van der Waals surface area contributed by atoms with E-state index in [1.54, 1.807) is 4.90 Å². The van der Waals surface area contributed by atoms with Crippen LogP contribution < -0.4 is 0 Å². The lowest BCUT2D eigenvalue weighted by Gasteiger charge is -2.26. The van der Waals surface area contributed by atoms with E-state index in [-0.39, 0.29) is 0 Å². The summed E-state index contributed by atoms with van der Waals surface area (Å²) in [5, 5.41) is 0.806. The number of carbonyl (C=O) groups excluding carboxylic acids is 2. The Labute approximate surface area is 151 Å². The number of nitrogens with zero attached hydrogens (tertiary/aromatic N) is 2. The van der Waals surface area contributed by atoms with E-state index >= 15 is 0 Å². The van der Waals surface area contributed by atoms with E-state index in [4.69, 9.17) is 4.74 Å². The number of hydrogen-bond acceptors (Lipinski definition) is 3. The van der Waals surface area contributed by atoms with Crippen molar-refractivity contribution in [2.75, 3.05) is 26.3 Å². The van der Waals surface area contributed by atoms with Crippen LogP contribution in [-0.2, 0) is 16.6 Å². The van der Waals surface area contributed by atoms with Crippen molar-refractivity contribution in [2.24, 2.45) is 7.05 Å². The molecular weight excluding hydrogens is 328 g/mol. The van der Waals surface area contributed by atoms with E-state index in [1.807, 2.05) is 66.2 Å². The highest BCUT2D eigenvalue weighted by atomic mass is 16.5. The minimum Gasteiger partial charge on any atom is -0.378 e. The number of hydrogen-bond donors (Lipinski definition) is 0. The number of ketones is 1. The molecule has 4 rings (SSSR count). The molecule has 5 heteroatoms. The van der Waals surface area contributed by atoms with Crippen LogP contribution in [0.15, 0.2) is 54.6 Å². The van der Waals surface area contributed by atoms with Crippen molar-refractivity contribution in [3.63, 3.8) is 0 Å². The normalized spacial score (nSPS) is 14.6. The van der Waals surface area contributed by atoms with Gasteiger partial charge in [0.05, 0.1) is 24.5 Å². The number of aromatic nitrogens is 1. The van der Waals surface area contributed by atoms with Gasteiger partial charge >= 0.3 is 0 Å². The van der Waals surface area contributed by atoms with E-state index < -0.39 is 11.7 Å². The molecular formula is C21H20N2O3. The Morgan fingerprint density at radius 2 is 1.58 bits per heavy atom. The number of carbonyl (C=O) groups is 2. The minimum atomic E-state index is -0.457. The summed E-state index contributed by atoms with van der Waals surface area (Å²) in [7, 11) is 1.93. The van der Waals surface area contributed by atoms with Gasteiger partial charge in [0.25, 0.3) is 11.7 Å². The molecule has 0 N–H and O–H groups in total. The Hall–Kier alpha value is -2.92. The Balaban J connectivity index is 1.88. The van der Waals surface area contributed by atoms with Gasteiger partial charge in [-0.2, -0.15) is 0 Å². The molecule has 2 aromatic carbocycles. The molecule has 1 aromatic heterocycles. The average Bonchev–Trinajstić information content (AvgIpc) is 3.01. The van der Waals surface area contributed by atoms with Crippen LogP contribution >= 0.6 is 0 Å². The summed E-state index contributed by atoms with van der Waals surface area (Å²) in [5.74, 6) is -0.913. The van der Waals surface area contributed by atoms with Crippen LogP contribution in [0.25, 0.3) is 22.2 Å². The summed E-state index contributed by atoms with van der Waals surface area (Å²) in [6.45, 7) is 1.85. The van der Waals surface area contributed by atoms with Crippen molar-refractivity contribution in [2.45, 2.75) is 0 Å². The molecule has 26 heavy (non-hydrogen) atoms. The maximum atomic E-state index is 13.2. The summed E-state index contributed by atoms with van der Waals surface area (Å²) in [4.78, 5) is 27.7. The fourth-order valence-electron chi connectivity index (χ4n) is 3.57. The second-order valence-electron chi connectivity index (χ2n) is 6.40. The van der Waals surface area contributed by atoms with Crippen molar-refractivity contribution in [3.05, 3.63) is 60.2 Å². The van der Waals surface area contributed by atoms with Crippen molar-refractivity contribution in [1.82, 2.24) is 9.47 Å². The molecule has 1 aliphatic rings. The largest absolute Gasteiger partial charge is 0.378 e. The number of fused-ring (bicyclic) bond motifs is 1. The molecule has 1 aliphatic heterocycles. The zero-order valence-electron chi connectivity index (χ0n) is 14.6. The second-order valence-corrected chi connectivity index (χ2v) is 6.40. The summed E-state index contributed by atoms with van der Waals surface area (Å²) in [5.41, 5.74) is 3.11. The summed E-state index contributed by atoms with van der Waals surface area (Å²) in [6, 6.07) is 17.4. The zero-order chi connectivity index (χ0) is 18.1. The first-order valence-corrected chi connectivity index (χ1v) is 8.72. The third kappa shape index (κ3) is 2.70. The Bertz CT molecular complexity index is 970. The molecule has 1 amide bonds. The van der Waals surface area contributed by atoms with E-state index in [0.29, 0.717) is 31.9 Å². The first-order valence-electron chi connectivity index (χ1n) is 8.72. The number of aryl methyl sites for hydroxylation is 1. The standard InChI is InChI=1S/C21H20N2O3/c1-22-17-10-6-5-9-16(17)18(19(22)15-7-3-2-4-8-15)20(24)21(25)23-11-13-26-14-12-23/h2-10H,11-14H2,1H3. The van der Waals surface area contributed by atoms with Crippen molar-refractivity contribution in [1.29, 1.82) is 0 Å². The van der Waals surface area contributed by atoms with Gasteiger partial charge in [-0.25, -0.2) is 0 Å². The van der Waals surface area contributed by atoms with Gasteiger partial charge in [0, 0.05) is 31.0 Å². The Morgan fingerprint density at radius 3 is 2.31 bits per heavy atom. The highest BCUT2D eigenvalue weighted by Crippen LogP contribution is 2.33. The van der Waals surface area contributed by atoms with Crippen LogP contribution in [0.2, 0.25) is 0 Å². The van der Waals surface area contributed by atoms with E-state index in [0.717, 1.165) is 22.2 Å². The quantitative estimate of drug-likeness (QED) is 0.540. The topological polar surface area (TPSA) is 51.5 Å². The van der Waals surface area contributed by atoms with Gasteiger partial charge in [0.15, 0.2) is 0 Å². The third-order valence-corrected chi connectivity index (χ3v) is 4.87. The third-order valence-electron chi connectivity index (χ3n) is 4.87. The molecule has 132 valence electrons. The number of para-hydroxylation sites is 1. The lowest BCUT2D eigenvalue weighted by molar-refractivity contribution is -0.130. The maximum Gasteiger partial charge on any atom is 0.295 e. The molecule has 0 saturated carbocycles. The molecule has 0 aliphatic carbocycles. The van der Waals surface area contributed by atoms with Gasteiger partial charge in [0.1, 0.15) is 0 Å². The van der Waals surface area contributed by atoms with E-state index in [2.05, 4.69) is 0 Å². The number of Topliss-reactive ketones (excluding diaryl/α,β-unsaturated/α-hetero) is 1. The molecule has 1 saturated heterocycles. The highest BCUT2D eigenvalue weighted by molar-refractivity contribution is 6.46. The van der Waals surface area contributed by atoms with E-state index in [1.165, 1.54) is 0 Å². The van der Waals surface area contributed by atoms with Crippen LogP contribution in [-0.4, -0.2) is 47.5 Å². The predicted molar refractivity (Wildman–Crippen MR) is 100 cm³/mol. The molecule has 1 fully saturated rings. The molecule has 0 unspecified atom stereocenters. The number of ether oxygens (including phenoxy) is 1. The van der Waals surface area contributed by atoms with Crippen molar-refractivity contribution < 1.29 is 14.3 Å². The number of amides is 1. The minimum absolute atomic E-state index is 0.454. The lowest BCUT2D eigenvalue weighted by Crippen LogP contribution is -2.44. The zero-order valence-corrected chi connectivity index (χ0v) is 14.6. The molecule has 5 nitrogen and oxygen atoms in total. The Morgan fingerprint density at radius 1 is 0.923 bits per heavy atom. The predicted octanol–water partition coefficient (Wildman–Crippen LogP) is 2.89. The van der Waals surface area contributed by atoms with Crippen LogP contribution in [0.4, 0.5) is 0 Å². The van der Waals surface area contributed by atoms with Gasteiger partial charge in [-0.1, -0.05) is 48.5 Å². The molecule has 0 spiro atoms. The molecule has 2 heterocycles. The molecule has 3 aromatic rings. The highest BCUT2D eigenvalue weighted by Gasteiger charge is 2.30. The van der Waals surface area contributed by atoms with E-state index in [9.17, 15) is 9.59 Å². The molecule has 0 atom stereocenters. The smallest absolute Gasteiger partial charge is 0.295 e. The van der Waals surface area contributed by atoms with Gasteiger partial charge in [-0.05, 0) is 11.6 Å². The van der Waals surface area contributed by atoms with Gasteiger partial charge < -0.3 is 14.2 Å². The van der Waals surface area contributed by atoms with Crippen LogP contribution in [0, 0.1) is 0 Å². The monoisotopic (exact) mass is 348 g/mol. The second kappa shape index (κ2) is 6.77. The van der Waals surface area contributed by atoms with Gasteiger partial charge in [-0.3, -0.25) is 9.59 Å². The SMILES string of the molecule is Cn1c(-c2ccccc2)c(C(=O)C(=O)N2CCOCC2)c2ccccc21. The van der Waals surface area contributed by atoms with Crippen molar-refractivity contribution in [3.8, 4) is 11.3 Å². The summed E-state index contributed by atoms with van der Waals surface area (Å²) >= 11 is 0. The number of benzene rings is 2. The maximum absolute atomic E-state index is 13.2. The fraction of sp³-hybridized carbons (Fsp3) is 0.238. The molecule has 0 bridgehead atoms. The summed E-state index contributed by atoms with van der Waals surface area (Å²) in [6.07, 6.45) is 0. The number of morpholine rings is 1. The van der Waals surface area contributed by atoms with Crippen molar-refractivity contribution >= 4 is 22.6 Å². The average molecular weight is 348 g/mol. The van der Waals surface area contributed by atoms with Crippen LogP contribution in [0.3, 0.4) is 0 Å². The van der Waals surface area contributed by atoms with Gasteiger partial charge in [0.2, 0.25) is 0 Å². The van der Waals surface area contributed by atoms with Gasteiger partial charge in [-0.15, -0.1) is 0 Å². The molecule has 0 radical (unpaired) electrons. The first kappa shape index (κ1) is 16.5. The lowest BCUT2D eigenvalue weighted by atomic mass is 10.0. The Kier molecular flexibility index (Phi) is 4.31. The number of rotatable bonds is 3. The summed E-state index contributed by atoms with van der Waals surface area (Å²) < 4.78 is 7.28. The van der Waals surface area contributed by atoms with Crippen LogP contribution in [0.5, 0.6) is 0 Å². The van der Waals surface area contributed by atoms with Crippen LogP contribution in [0.1, 0.15) is 10.4 Å². The fourth-order valence-corrected chi connectivity index (χ4v) is 3.57.